The molecule has 2 N–H and O–H groups in total. The first kappa shape index (κ1) is 15.4. The van der Waals surface area contributed by atoms with Gasteiger partial charge in [0.05, 0.1) is 25.0 Å². The number of ether oxygens (including phenoxy) is 1. The number of guanidine groups is 1. The Hall–Kier alpha value is -2.02. The molecular weight excluding hydrogens is 275 g/mol. The molecule has 0 saturated carbocycles. The maximum Gasteiger partial charge on any atom is 0.261 e. The number of morpholine rings is 1. The monoisotopic (exact) mass is 294 g/mol. The van der Waals surface area contributed by atoms with Crippen LogP contribution in [0.15, 0.2) is 12.4 Å². The summed E-state index contributed by atoms with van der Waals surface area (Å²) < 4.78 is 19.1. The molecule has 0 spiro atoms. The van der Waals surface area contributed by atoms with Gasteiger partial charge in [-0.05, 0) is 12.0 Å². The Balaban J connectivity index is 2.10. The molecule has 0 aromatic carbocycles. The third-order valence-corrected chi connectivity index (χ3v) is 3.28. The third kappa shape index (κ3) is 3.75. The first-order valence-corrected chi connectivity index (χ1v) is 6.98. The molecule has 0 radical (unpaired) electrons. The highest BCUT2D eigenvalue weighted by Crippen LogP contribution is 2.14. The second-order valence-corrected chi connectivity index (χ2v) is 4.81. The van der Waals surface area contributed by atoms with Gasteiger partial charge in [-0.2, -0.15) is 0 Å². The number of carbonyl (C=O) groups is 1. The van der Waals surface area contributed by atoms with Crippen molar-refractivity contribution in [3.63, 3.8) is 0 Å². The molecule has 21 heavy (non-hydrogen) atoms. The van der Waals surface area contributed by atoms with E-state index >= 15 is 0 Å². The fourth-order valence-electron chi connectivity index (χ4n) is 2.22. The molecule has 1 saturated heterocycles. The first-order valence-electron chi connectivity index (χ1n) is 6.98. The van der Waals surface area contributed by atoms with Crippen molar-refractivity contribution >= 4 is 11.9 Å². The van der Waals surface area contributed by atoms with Crippen molar-refractivity contribution in [2.45, 2.75) is 19.8 Å². The van der Waals surface area contributed by atoms with E-state index in [1.165, 1.54) is 6.20 Å². The normalized spacial score (nSPS) is 14.9. The molecule has 6 nitrogen and oxygen atoms in total. The lowest BCUT2D eigenvalue weighted by Crippen LogP contribution is -2.48. The standard InChI is InChI=1S/C14H19FN4O2/c1-2-3-10-8-17-9-11(15)12(10)13(20)18-14(16)19-4-6-21-7-5-19/h8-9H,2-7H2,1H3,(H2,16,18,20). The first-order chi connectivity index (χ1) is 10.1. The number of halogens is 1. The van der Waals surface area contributed by atoms with E-state index < -0.39 is 11.7 Å². The number of rotatable bonds is 3. The van der Waals surface area contributed by atoms with E-state index in [1.807, 2.05) is 6.92 Å². The highest BCUT2D eigenvalue weighted by molar-refractivity contribution is 6.05. The van der Waals surface area contributed by atoms with Gasteiger partial charge >= 0.3 is 0 Å². The van der Waals surface area contributed by atoms with Crippen LogP contribution in [0, 0.1) is 11.2 Å². The number of nitrogens with one attached hydrogen (secondary N) is 2. The molecule has 0 atom stereocenters. The molecule has 7 heteroatoms. The lowest BCUT2D eigenvalue weighted by molar-refractivity contribution is 0.0653. The molecular formula is C14H19FN4O2. The van der Waals surface area contributed by atoms with Gasteiger partial charge in [0.2, 0.25) is 0 Å². The second-order valence-electron chi connectivity index (χ2n) is 4.81. The minimum Gasteiger partial charge on any atom is -0.378 e. The molecule has 1 aliphatic rings. The van der Waals surface area contributed by atoms with E-state index in [1.54, 1.807) is 4.90 Å². The van der Waals surface area contributed by atoms with E-state index in [0.29, 0.717) is 38.3 Å². The fraction of sp³-hybridized carbons (Fsp3) is 0.500. The fourth-order valence-corrected chi connectivity index (χ4v) is 2.22. The van der Waals surface area contributed by atoms with Gasteiger partial charge < -0.3 is 9.64 Å². The number of hydrogen-bond acceptors (Lipinski definition) is 4. The number of pyridine rings is 1. The summed E-state index contributed by atoms with van der Waals surface area (Å²) in [6.07, 6.45) is 3.87. The number of amides is 1. The predicted octanol–water partition coefficient (Wildman–Crippen LogP) is 1.17. The number of aromatic nitrogens is 1. The van der Waals surface area contributed by atoms with Gasteiger partial charge in [-0.1, -0.05) is 13.3 Å². The molecule has 1 aromatic rings. The Morgan fingerprint density at radius 1 is 1.48 bits per heavy atom. The van der Waals surface area contributed by atoms with Crippen molar-refractivity contribution in [1.29, 1.82) is 5.41 Å². The molecule has 1 aliphatic heterocycles. The lowest BCUT2D eigenvalue weighted by atomic mass is 10.1. The molecule has 114 valence electrons. The van der Waals surface area contributed by atoms with E-state index in [-0.39, 0.29) is 11.5 Å². The van der Waals surface area contributed by atoms with Gasteiger partial charge in [-0.15, -0.1) is 0 Å². The Morgan fingerprint density at radius 2 is 2.19 bits per heavy atom. The Morgan fingerprint density at radius 3 is 2.86 bits per heavy atom. The highest BCUT2D eigenvalue weighted by Gasteiger charge is 2.21. The summed E-state index contributed by atoms with van der Waals surface area (Å²) in [7, 11) is 0. The van der Waals surface area contributed by atoms with Crippen molar-refractivity contribution in [1.82, 2.24) is 15.2 Å². The second kappa shape index (κ2) is 7.12. The molecule has 0 bridgehead atoms. The van der Waals surface area contributed by atoms with Crippen LogP contribution < -0.4 is 5.32 Å². The molecule has 0 aliphatic carbocycles. The van der Waals surface area contributed by atoms with Crippen LogP contribution in [0.2, 0.25) is 0 Å². The molecule has 1 amide bonds. The van der Waals surface area contributed by atoms with Gasteiger partial charge in [0, 0.05) is 19.3 Å². The van der Waals surface area contributed by atoms with E-state index in [2.05, 4.69) is 10.3 Å². The van der Waals surface area contributed by atoms with Gasteiger partial charge in [0.1, 0.15) is 0 Å². The maximum absolute atomic E-state index is 13.9. The molecule has 2 rings (SSSR count). The van der Waals surface area contributed by atoms with Crippen LogP contribution in [0.25, 0.3) is 0 Å². The zero-order valence-corrected chi connectivity index (χ0v) is 12.0. The zero-order chi connectivity index (χ0) is 15.2. The van der Waals surface area contributed by atoms with Crippen LogP contribution in [0.5, 0.6) is 0 Å². The average Bonchev–Trinajstić information content (AvgIpc) is 2.48. The summed E-state index contributed by atoms with van der Waals surface area (Å²) in [6, 6.07) is 0. The zero-order valence-electron chi connectivity index (χ0n) is 12.0. The van der Waals surface area contributed by atoms with Crippen molar-refractivity contribution in [3.8, 4) is 0 Å². The topological polar surface area (TPSA) is 78.3 Å². The van der Waals surface area contributed by atoms with Crippen LogP contribution in [0.3, 0.4) is 0 Å². The van der Waals surface area contributed by atoms with Crippen LogP contribution in [0.1, 0.15) is 29.3 Å². The van der Waals surface area contributed by atoms with Crippen LogP contribution in [-0.4, -0.2) is 48.1 Å². The summed E-state index contributed by atoms with van der Waals surface area (Å²) in [5.74, 6) is -1.29. The SMILES string of the molecule is CCCc1cncc(F)c1C(=O)NC(=N)N1CCOCC1. The summed E-state index contributed by atoms with van der Waals surface area (Å²) in [5, 5.41) is 10.4. The third-order valence-electron chi connectivity index (χ3n) is 3.28. The lowest BCUT2D eigenvalue weighted by Gasteiger charge is -2.28. The van der Waals surface area contributed by atoms with Gasteiger partial charge in [-0.25, -0.2) is 4.39 Å². The maximum atomic E-state index is 13.9. The summed E-state index contributed by atoms with van der Waals surface area (Å²) >= 11 is 0. The number of carbonyl (C=O) groups excluding carboxylic acids is 1. The minimum atomic E-state index is -0.659. The van der Waals surface area contributed by atoms with Gasteiger partial charge in [0.15, 0.2) is 11.8 Å². The molecule has 1 aromatic heterocycles. The molecule has 0 unspecified atom stereocenters. The van der Waals surface area contributed by atoms with Crippen molar-refractivity contribution < 1.29 is 13.9 Å². The molecule has 1 fully saturated rings. The highest BCUT2D eigenvalue weighted by atomic mass is 19.1. The Labute approximate surface area is 122 Å². The van der Waals surface area contributed by atoms with E-state index in [0.717, 1.165) is 12.6 Å². The van der Waals surface area contributed by atoms with Crippen molar-refractivity contribution in [2.24, 2.45) is 0 Å². The van der Waals surface area contributed by atoms with Crippen LogP contribution in [-0.2, 0) is 11.2 Å². The summed E-state index contributed by atoms with van der Waals surface area (Å²) in [5.41, 5.74) is 0.537. The van der Waals surface area contributed by atoms with Gasteiger partial charge in [-0.3, -0.25) is 20.5 Å². The number of hydrogen-bond donors (Lipinski definition) is 2. The predicted molar refractivity (Wildman–Crippen MR) is 75.8 cm³/mol. The molecule has 2 heterocycles. The largest absolute Gasteiger partial charge is 0.378 e. The Bertz CT molecular complexity index is 530. The quantitative estimate of drug-likeness (QED) is 0.648. The van der Waals surface area contributed by atoms with E-state index in [9.17, 15) is 9.18 Å². The van der Waals surface area contributed by atoms with E-state index in [4.69, 9.17) is 10.1 Å². The smallest absolute Gasteiger partial charge is 0.261 e. The van der Waals surface area contributed by atoms with Gasteiger partial charge in [0.25, 0.3) is 5.91 Å². The van der Waals surface area contributed by atoms with Crippen LogP contribution in [0.4, 0.5) is 4.39 Å². The Kier molecular flexibility index (Phi) is 5.21. The summed E-state index contributed by atoms with van der Waals surface area (Å²) in [4.78, 5) is 17.7. The number of nitrogens with zero attached hydrogens (tertiary/aromatic N) is 2. The average molecular weight is 294 g/mol. The minimum absolute atomic E-state index is 0.0233. The van der Waals surface area contributed by atoms with Crippen molar-refractivity contribution in [2.75, 3.05) is 26.3 Å². The van der Waals surface area contributed by atoms with Crippen molar-refractivity contribution in [3.05, 3.63) is 29.3 Å². The summed E-state index contributed by atoms with van der Waals surface area (Å²) in [6.45, 7) is 4.06. The number of aryl methyl sites for hydroxylation is 1. The van der Waals surface area contributed by atoms with Crippen LogP contribution >= 0.6 is 0 Å².